The average Bonchev–Trinajstić information content (AvgIpc) is 3.33. The zero-order chi connectivity index (χ0) is 32.7. The van der Waals surface area contributed by atoms with Crippen LogP contribution in [0.3, 0.4) is 0 Å². The first-order chi connectivity index (χ1) is 21.3. The number of likely N-dealkylation sites (N-methyl/N-ethyl adjacent to an activating group) is 2. The number of nitrogens with zero attached hydrogens (tertiary/aromatic N) is 5. The fraction of sp³-hybridized carbons (Fsp3) is 0.581. The molecule has 4 heterocycles. The van der Waals surface area contributed by atoms with Crippen LogP contribution < -0.4 is 10.9 Å². The highest BCUT2D eigenvalue weighted by Crippen LogP contribution is 2.52. The van der Waals surface area contributed by atoms with Crippen LogP contribution in [0.4, 0.5) is 4.39 Å². The fourth-order valence-corrected chi connectivity index (χ4v) is 7.39. The van der Waals surface area contributed by atoms with Crippen LogP contribution in [0.25, 0.3) is 0 Å². The smallest absolute Gasteiger partial charge is 0.312 e. The summed E-state index contributed by atoms with van der Waals surface area (Å²) in [6.07, 6.45) is 4.07. The lowest BCUT2D eigenvalue weighted by Crippen LogP contribution is -2.55. The molecule has 1 aromatic heterocycles. The predicted molar refractivity (Wildman–Crippen MR) is 163 cm³/mol. The molecule has 244 valence electrons. The number of fused-ring (bicyclic) bond motifs is 2. The maximum atomic E-state index is 14.5. The van der Waals surface area contributed by atoms with E-state index in [1.54, 1.807) is 7.11 Å². The van der Waals surface area contributed by atoms with Crippen molar-refractivity contribution in [2.45, 2.75) is 63.2 Å². The van der Waals surface area contributed by atoms with Gasteiger partial charge >= 0.3 is 11.8 Å². The van der Waals surface area contributed by atoms with Crippen LogP contribution in [0.2, 0.25) is 5.02 Å². The SMILES string of the molecule is COC[C@@H]1CCCN1CC12CCC(N(C)C(=O)C(=O)N(C)C)(CC1)c1nc(C(=O)NCc3cccc(Cl)c3F)c(O)c(=O)n1C2. The van der Waals surface area contributed by atoms with Gasteiger partial charge in [-0.2, -0.15) is 0 Å². The first-order valence-electron chi connectivity index (χ1n) is 15.1. The fourth-order valence-electron chi connectivity index (χ4n) is 7.20. The molecule has 45 heavy (non-hydrogen) atoms. The van der Waals surface area contributed by atoms with Crippen molar-refractivity contribution >= 4 is 29.3 Å². The third kappa shape index (κ3) is 5.93. The van der Waals surface area contributed by atoms with Gasteiger partial charge in [-0.15, -0.1) is 0 Å². The largest absolute Gasteiger partial charge is 0.501 e. The number of carbonyl (C=O) groups excluding carboxylic acids is 3. The Bertz CT molecular complexity index is 1560. The standard InChI is InChI=1S/C31H40ClFN6O6/c1-36(2)27(43)28(44)37(3)31-12-10-30(11-13-31,17-38-14-6-8-20(38)16-45-4)18-39-26(42)24(40)23(35-29(31)39)25(41)34-15-19-7-5-9-21(32)22(19)33/h5,7,9,20,40H,6,8,10-18H2,1-4H3,(H,34,41)/t20-,30?,31?/m0/s1. The zero-order valence-corrected chi connectivity index (χ0v) is 26.8. The number of ether oxygens (including phenoxy) is 1. The summed E-state index contributed by atoms with van der Waals surface area (Å²) in [6, 6.07) is 4.62. The maximum absolute atomic E-state index is 14.5. The lowest BCUT2D eigenvalue weighted by Gasteiger charge is -2.47. The lowest BCUT2D eigenvalue weighted by atomic mass is 9.67. The van der Waals surface area contributed by atoms with E-state index in [0.717, 1.165) is 19.4 Å². The normalized spacial score (nSPS) is 24.2. The molecule has 1 atom stereocenters. The summed E-state index contributed by atoms with van der Waals surface area (Å²) in [4.78, 5) is 63.1. The topological polar surface area (TPSA) is 137 Å². The second-order valence-electron chi connectivity index (χ2n) is 12.7. The minimum Gasteiger partial charge on any atom is -0.501 e. The van der Waals surface area contributed by atoms with Gasteiger partial charge in [0, 0.05) is 64.9 Å². The summed E-state index contributed by atoms with van der Waals surface area (Å²) in [6.45, 7) is 2.13. The third-order valence-corrected chi connectivity index (χ3v) is 10.1. The van der Waals surface area contributed by atoms with Gasteiger partial charge in [-0.05, 0) is 51.1 Å². The van der Waals surface area contributed by atoms with Crippen LogP contribution in [0.1, 0.15) is 60.4 Å². The van der Waals surface area contributed by atoms with E-state index < -0.39 is 46.1 Å². The molecule has 1 aliphatic carbocycles. The minimum absolute atomic E-state index is 0.111. The molecule has 0 unspecified atom stereocenters. The van der Waals surface area contributed by atoms with E-state index in [1.165, 1.54) is 53.7 Å². The van der Waals surface area contributed by atoms with E-state index in [4.69, 9.17) is 16.3 Å². The highest BCUT2D eigenvalue weighted by Gasteiger charge is 2.55. The molecule has 1 saturated heterocycles. The van der Waals surface area contributed by atoms with Gasteiger partial charge in [0.2, 0.25) is 5.75 Å². The zero-order valence-electron chi connectivity index (χ0n) is 26.1. The highest BCUT2D eigenvalue weighted by molar-refractivity contribution is 6.34. The van der Waals surface area contributed by atoms with Gasteiger partial charge in [0.25, 0.3) is 11.5 Å². The molecule has 0 spiro atoms. The second kappa shape index (κ2) is 12.7. The quantitative estimate of drug-likeness (QED) is 0.416. The number of aromatic hydroxyl groups is 1. The van der Waals surface area contributed by atoms with Crippen molar-refractivity contribution in [3.63, 3.8) is 0 Å². The van der Waals surface area contributed by atoms with Crippen molar-refractivity contribution in [2.75, 3.05) is 47.9 Å². The Kier molecular flexibility index (Phi) is 9.25. The van der Waals surface area contributed by atoms with E-state index >= 15 is 0 Å². The lowest BCUT2D eigenvalue weighted by molar-refractivity contribution is -0.155. The molecule has 4 aliphatic rings. The Hall–Kier alpha value is -3.55. The maximum Gasteiger partial charge on any atom is 0.312 e. The van der Waals surface area contributed by atoms with Crippen molar-refractivity contribution in [1.82, 2.24) is 29.6 Å². The second-order valence-corrected chi connectivity index (χ2v) is 13.1. The van der Waals surface area contributed by atoms with Crippen LogP contribution in [-0.4, -0.2) is 101 Å². The molecule has 14 heteroatoms. The number of amides is 3. The van der Waals surface area contributed by atoms with Crippen LogP contribution in [-0.2, 0) is 33.0 Å². The van der Waals surface area contributed by atoms with E-state index in [2.05, 4.69) is 15.2 Å². The first-order valence-corrected chi connectivity index (χ1v) is 15.5. The molecule has 3 amide bonds. The van der Waals surface area contributed by atoms with Gasteiger partial charge in [-0.1, -0.05) is 23.7 Å². The molecule has 1 aromatic carbocycles. The van der Waals surface area contributed by atoms with Crippen LogP contribution >= 0.6 is 11.6 Å². The molecular weight excluding hydrogens is 607 g/mol. The van der Waals surface area contributed by atoms with Gasteiger partial charge in [-0.25, -0.2) is 9.37 Å². The molecule has 2 bridgehead atoms. The van der Waals surface area contributed by atoms with Crippen molar-refractivity contribution < 1.29 is 28.6 Å². The number of benzene rings is 1. The number of methoxy groups -OCH3 is 1. The number of hydrogen-bond donors (Lipinski definition) is 2. The number of likely N-dealkylation sites (tertiary alicyclic amines) is 1. The van der Waals surface area contributed by atoms with Crippen molar-refractivity contribution in [3.8, 4) is 5.75 Å². The molecule has 6 rings (SSSR count). The number of rotatable bonds is 8. The van der Waals surface area contributed by atoms with Gasteiger partial charge in [0.1, 0.15) is 17.2 Å². The molecule has 1 saturated carbocycles. The third-order valence-electron chi connectivity index (χ3n) is 9.81. The molecule has 3 aliphatic heterocycles. The summed E-state index contributed by atoms with van der Waals surface area (Å²) in [5.74, 6) is -3.80. The number of aromatic nitrogens is 2. The number of halogens is 2. The van der Waals surface area contributed by atoms with Crippen molar-refractivity contribution in [1.29, 1.82) is 0 Å². The average molecular weight is 647 g/mol. The summed E-state index contributed by atoms with van der Waals surface area (Å²) < 4.78 is 21.3. The number of nitrogens with one attached hydrogen (secondary N) is 1. The van der Waals surface area contributed by atoms with E-state index in [9.17, 15) is 28.7 Å². The number of carbonyl (C=O) groups is 3. The summed E-state index contributed by atoms with van der Waals surface area (Å²) in [5, 5.41) is 13.5. The highest BCUT2D eigenvalue weighted by atomic mass is 35.5. The van der Waals surface area contributed by atoms with Gasteiger partial charge in [0.05, 0.1) is 11.6 Å². The monoisotopic (exact) mass is 646 g/mol. The van der Waals surface area contributed by atoms with Crippen molar-refractivity contribution in [2.24, 2.45) is 5.41 Å². The number of hydrogen-bond acceptors (Lipinski definition) is 8. The van der Waals surface area contributed by atoms with Crippen molar-refractivity contribution in [3.05, 3.63) is 56.5 Å². The van der Waals surface area contributed by atoms with E-state index in [-0.39, 0.29) is 41.0 Å². The Morgan fingerprint density at radius 2 is 1.89 bits per heavy atom. The Balaban J connectivity index is 1.56. The molecule has 2 aromatic rings. The molecule has 0 radical (unpaired) electrons. The Morgan fingerprint density at radius 3 is 2.56 bits per heavy atom. The van der Waals surface area contributed by atoms with Crippen LogP contribution in [0.5, 0.6) is 5.75 Å². The Morgan fingerprint density at radius 1 is 1.18 bits per heavy atom. The molecule has 12 nitrogen and oxygen atoms in total. The Labute approximate surface area is 266 Å². The van der Waals surface area contributed by atoms with Crippen LogP contribution in [0, 0.1) is 11.2 Å². The van der Waals surface area contributed by atoms with Gasteiger partial charge in [-0.3, -0.25) is 28.6 Å². The van der Waals surface area contributed by atoms with Gasteiger partial charge < -0.3 is 25.0 Å². The molecular formula is C31H40ClFN6O6. The van der Waals surface area contributed by atoms with E-state index in [0.29, 0.717) is 38.8 Å². The molecule has 2 fully saturated rings. The molecule has 2 N–H and O–H groups in total. The summed E-state index contributed by atoms with van der Waals surface area (Å²) in [5.41, 5.74) is -2.81. The summed E-state index contributed by atoms with van der Waals surface area (Å²) in [7, 11) is 6.16. The first kappa shape index (κ1) is 32.8. The predicted octanol–water partition coefficient (Wildman–Crippen LogP) is 2.10. The van der Waals surface area contributed by atoms with Gasteiger partial charge in [0.15, 0.2) is 5.69 Å². The van der Waals surface area contributed by atoms with Crippen LogP contribution in [0.15, 0.2) is 23.0 Å². The summed E-state index contributed by atoms with van der Waals surface area (Å²) >= 11 is 5.87. The van der Waals surface area contributed by atoms with E-state index in [1.807, 2.05) is 0 Å². The minimum atomic E-state index is -1.19.